The molecule has 0 heterocycles. The first kappa shape index (κ1) is 8.39. The van der Waals surface area contributed by atoms with Crippen LogP contribution in [0.15, 0.2) is 28.2 Å². The van der Waals surface area contributed by atoms with Crippen molar-refractivity contribution in [3.05, 3.63) is 23.8 Å². The second kappa shape index (κ2) is 3.13. The van der Waals surface area contributed by atoms with Crippen LogP contribution in [0.25, 0.3) is 0 Å². The molecule has 0 unspecified atom stereocenters. The molecule has 2 nitrogen and oxygen atoms in total. The SMILES string of the molecule is O=S(F)(F)=NCC1=CC=CC1. The van der Waals surface area contributed by atoms with E-state index in [1.54, 1.807) is 12.2 Å². The fourth-order valence-corrected chi connectivity index (χ4v) is 1.08. The van der Waals surface area contributed by atoms with Gasteiger partial charge in [0.2, 0.25) is 0 Å². The molecule has 0 amide bonds. The lowest BCUT2D eigenvalue weighted by Gasteiger charge is -1.92. The third-order valence-corrected chi connectivity index (χ3v) is 1.70. The van der Waals surface area contributed by atoms with E-state index in [0.717, 1.165) is 5.57 Å². The van der Waals surface area contributed by atoms with Crippen molar-refractivity contribution in [3.8, 4) is 0 Å². The molecule has 0 bridgehead atoms. The third kappa shape index (κ3) is 3.27. The fourth-order valence-electron chi connectivity index (χ4n) is 0.767. The second-order valence-electron chi connectivity index (χ2n) is 2.14. The van der Waals surface area contributed by atoms with E-state index in [1.165, 1.54) is 0 Å². The minimum Gasteiger partial charge on any atom is -0.180 e. The summed E-state index contributed by atoms with van der Waals surface area (Å²) in [5.74, 6) is 0. The first-order chi connectivity index (χ1) is 5.08. The largest absolute Gasteiger partial charge is 0.367 e. The lowest BCUT2D eigenvalue weighted by molar-refractivity contribution is 0.585. The second-order valence-corrected chi connectivity index (χ2v) is 3.19. The molecular weight excluding hydrogens is 172 g/mol. The Kier molecular flexibility index (Phi) is 2.38. The Bertz CT molecular complexity index is 305. The van der Waals surface area contributed by atoms with Crippen molar-refractivity contribution in [2.45, 2.75) is 6.42 Å². The van der Waals surface area contributed by atoms with Crippen molar-refractivity contribution in [2.24, 2.45) is 4.36 Å². The van der Waals surface area contributed by atoms with Gasteiger partial charge >= 0.3 is 10.5 Å². The van der Waals surface area contributed by atoms with E-state index in [0.29, 0.717) is 6.42 Å². The van der Waals surface area contributed by atoms with Gasteiger partial charge in [-0.05, 0) is 12.0 Å². The summed E-state index contributed by atoms with van der Waals surface area (Å²) in [7, 11) is -4.91. The van der Waals surface area contributed by atoms with Crippen molar-refractivity contribution < 1.29 is 12.0 Å². The molecule has 0 saturated heterocycles. The zero-order valence-corrected chi connectivity index (χ0v) is 6.48. The van der Waals surface area contributed by atoms with E-state index in [4.69, 9.17) is 0 Å². The van der Waals surface area contributed by atoms with Gasteiger partial charge in [-0.25, -0.2) is 0 Å². The molecule has 5 heteroatoms. The van der Waals surface area contributed by atoms with Crippen molar-refractivity contribution >= 4 is 10.5 Å². The summed E-state index contributed by atoms with van der Waals surface area (Å²) in [6, 6.07) is 0. The van der Waals surface area contributed by atoms with E-state index >= 15 is 0 Å². The Morgan fingerprint density at radius 2 is 2.36 bits per heavy atom. The maximum Gasteiger partial charge on any atom is 0.367 e. The van der Waals surface area contributed by atoms with Gasteiger partial charge < -0.3 is 0 Å². The smallest absolute Gasteiger partial charge is 0.180 e. The zero-order valence-electron chi connectivity index (χ0n) is 5.67. The molecule has 11 heavy (non-hydrogen) atoms. The highest BCUT2D eigenvalue weighted by Crippen LogP contribution is 2.11. The minimum absolute atomic E-state index is 0.126. The van der Waals surface area contributed by atoms with Gasteiger partial charge in [0.05, 0.1) is 6.54 Å². The highest BCUT2D eigenvalue weighted by atomic mass is 32.3. The summed E-state index contributed by atoms with van der Waals surface area (Å²) in [5.41, 5.74) is 0.771. The Hall–Kier alpha value is -0.710. The van der Waals surface area contributed by atoms with Gasteiger partial charge in [0.15, 0.2) is 0 Å². The number of halogens is 2. The van der Waals surface area contributed by atoms with E-state index in [9.17, 15) is 12.0 Å². The van der Waals surface area contributed by atoms with Crippen LogP contribution in [0, 0.1) is 0 Å². The highest BCUT2D eigenvalue weighted by molar-refractivity contribution is 7.83. The molecule has 0 aromatic rings. The van der Waals surface area contributed by atoms with Crippen LogP contribution < -0.4 is 0 Å². The summed E-state index contributed by atoms with van der Waals surface area (Å²) < 4.78 is 35.9. The Balaban J connectivity index is 2.53. The summed E-state index contributed by atoms with van der Waals surface area (Å²) in [5, 5.41) is 0. The van der Waals surface area contributed by atoms with E-state index in [-0.39, 0.29) is 6.54 Å². The quantitative estimate of drug-likeness (QED) is 0.597. The van der Waals surface area contributed by atoms with Crippen LogP contribution in [-0.4, -0.2) is 10.8 Å². The summed E-state index contributed by atoms with van der Waals surface area (Å²) in [6.07, 6.45) is 5.94. The molecule has 0 fully saturated rings. The van der Waals surface area contributed by atoms with Crippen molar-refractivity contribution in [3.63, 3.8) is 0 Å². The normalized spacial score (nSPS) is 16.7. The van der Waals surface area contributed by atoms with Crippen molar-refractivity contribution in [1.82, 2.24) is 0 Å². The molecule has 0 aromatic heterocycles. The van der Waals surface area contributed by atoms with Gasteiger partial charge in [-0.3, -0.25) is 0 Å². The van der Waals surface area contributed by atoms with Crippen molar-refractivity contribution in [1.29, 1.82) is 0 Å². The number of allylic oxidation sites excluding steroid dienone is 3. The predicted octanol–water partition coefficient (Wildman–Crippen LogP) is 2.11. The number of hydrogen-bond donors (Lipinski definition) is 0. The average Bonchev–Trinajstić information content (AvgIpc) is 2.32. The van der Waals surface area contributed by atoms with Gasteiger partial charge in [0.1, 0.15) is 0 Å². The maximum atomic E-state index is 11.7. The Morgan fingerprint density at radius 1 is 1.64 bits per heavy atom. The van der Waals surface area contributed by atoms with Crippen LogP contribution in [-0.2, 0) is 10.5 Å². The number of hydrogen-bond acceptors (Lipinski definition) is 2. The van der Waals surface area contributed by atoms with Gasteiger partial charge in [-0.1, -0.05) is 26.0 Å². The molecule has 0 aliphatic heterocycles. The van der Waals surface area contributed by atoms with Gasteiger partial charge in [-0.2, -0.15) is 8.57 Å². The van der Waals surface area contributed by atoms with E-state index < -0.39 is 10.5 Å². The monoisotopic (exact) mass is 179 g/mol. The fraction of sp³-hybridized carbons (Fsp3) is 0.333. The van der Waals surface area contributed by atoms with Crippen LogP contribution in [0.5, 0.6) is 0 Å². The first-order valence-electron chi connectivity index (χ1n) is 3.04. The van der Waals surface area contributed by atoms with Gasteiger partial charge in [0.25, 0.3) is 0 Å². The Labute approximate surface area is 64.4 Å². The number of rotatable bonds is 2. The average molecular weight is 179 g/mol. The molecule has 62 valence electrons. The minimum atomic E-state index is -4.91. The summed E-state index contributed by atoms with van der Waals surface area (Å²) >= 11 is 0. The van der Waals surface area contributed by atoms with Crippen molar-refractivity contribution in [2.75, 3.05) is 6.54 Å². The zero-order chi connectivity index (χ0) is 8.32. The molecule has 0 spiro atoms. The van der Waals surface area contributed by atoms with Crippen LogP contribution in [0.1, 0.15) is 6.42 Å². The van der Waals surface area contributed by atoms with Gasteiger partial charge in [-0.15, -0.1) is 0 Å². The van der Waals surface area contributed by atoms with Crippen LogP contribution in [0.2, 0.25) is 0 Å². The topological polar surface area (TPSA) is 29.4 Å². The third-order valence-electron chi connectivity index (χ3n) is 1.27. The molecule has 0 radical (unpaired) electrons. The summed E-state index contributed by atoms with van der Waals surface area (Å²) in [6.45, 7) is -0.126. The predicted molar refractivity (Wildman–Crippen MR) is 39.5 cm³/mol. The highest BCUT2D eigenvalue weighted by Gasteiger charge is 2.02. The lowest BCUT2D eigenvalue weighted by Crippen LogP contribution is -1.87. The van der Waals surface area contributed by atoms with Crippen LogP contribution >= 0.6 is 0 Å². The molecule has 0 atom stereocenters. The molecule has 1 aliphatic carbocycles. The Morgan fingerprint density at radius 3 is 2.82 bits per heavy atom. The maximum absolute atomic E-state index is 11.7. The van der Waals surface area contributed by atoms with Crippen LogP contribution in [0.3, 0.4) is 0 Å². The summed E-state index contributed by atoms with van der Waals surface area (Å²) in [4.78, 5) is 0. The standard InChI is InChI=1S/C6H7F2NOS/c7-11(8,10)9-5-6-3-1-2-4-6/h1-3H,4-5H2. The molecule has 1 rings (SSSR count). The number of nitrogens with zero attached hydrogens (tertiary/aromatic N) is 1. The van der Waals surface area contributed by atoms with E-state index in [2.05, 4.69) is 4.36 Å². The molecule has 0 aromatic carbocycles. The molecule has 0 saturated carbocycles. The van der Waals surface area contributed by atoms with Gasteiger partial charge in [0, 0.05) is 0 Å². The van der Waals surface area contributed by atoms with E-state index in [1.807, 2.05) is 6.08 Å². The molecule has 0 N–H and O–H groups in total. The van der Waals surface area contributed by atoms with Crippen LogP contribution in [0.4, 0.5) is 7.77 Å². The first-order valence-corrected chi connectivity index (χ1v) is 4.36. The lowest BCUT2D eigenvalue weighted by atomic mass is 10.2. The molecule has 1 aliphatic rings. The molecular formula is C6H7F2NOS.